The molecule has 0 aliphatic heterocycles. The van der Waals surface area contributed by atoms with E-state index < -0.39 is 0 Å². The van der Waals surface area contributed by atoms with Crippen molar-refractivity contribution in [2.24, 2.45) is 5.73 Å². The molecule has 4 heteroatoms. The van der Waals surface area contributed by atoms with Gasteiger partial charge in [0.2, 0.25) is 0 Å². The molecule has 0 aliphatic carbocycles. The monoisotopic (exact) mass is 169 g/mol. The van der Waals surface area contributed by atoms with Gasteiger partial charge in [-0.05, 0) is 19.1 Å². The van der Waals surface area contributed by atoms with Crippen LogP contribution in [0.4, 0.5) is 0 Å². The normalized spacial score (nSPS) is 9.64. The van der Waals surface area contributed by atoms with Gasteiger partial charge in [-0.1, -0.05) is 11.6 Å². The van der Waals surface area contributed by atoms with Crippen LogP contribution in [0.2, 0.25) is 5.02 Å². The van der Waals surface area contributed by atoms with E-state index in [1.165, 1.54) is 0 Å². The average Bonchev–Trinajstić information content (AvgIpc) is 1.94. The standard InChI is InChI=1S/C7H8ClN3/c1-4-2-3-5(8)6(11-4)7(9)10/h2-3H,1H3,(H3,9,10). The number of nitrogen functional groups attached to an aromatic ring is 1. The van der Waals surface area contributed by atoms with E-state index in [0.717, 1.165) is 5.69 Å². The van der Waals surface area contributed by atoms with Crippen molar-refractivity contribution in [3.63, 3.8) is 0 Å². The first-order valence-corrected chi connectivity index (χ1v) is 3.46. The van der Waals surface area contributed by atoms with Gasteiger partial charge in [0.15, 0.2) is 0 Å². The van der Waals surface area contributed by atoms with Crippen molar-refractivity contribution in [1.82, 2.24) is 4.98 Å². The molecule has 58 valence electrons. The summed E-state index contributed by atoms with van der Waals surface area (Å²) >= 11 is 5.71. The highest BCUT2D eigenvalue weighted by Gasteiger charge is 2.03. The molecule has 0 fully saturated rings. The minimum Gasteiger partial charge on any atom is -0.382 e. The number of halogens is 1. The third-order valence-corrected chi connectivity index (χ3v) is 1.55. The quantitative estimate of drug-likeness (QED) is 0.492. The third-order valence-electron chi connectivity index (χ3n) is 1.24. The second-order valence-electron chi connectivity index (χ2n) is 2.20. The number of aryl methyl sites for hydroxylation is 1. The summed E-state index contributed by atoms with van der Waals surface area (Å²) in [5.74, 6) is -0.0984. The molecule has 11 heavy (non-hydrogen) atoms. The maximum Gasteiger partial charge on any atom is 0.143 e. The lowest BCUT2D eigenvalue weighted by Gasteiger charge is -2.00. The van der Waals surface area contributed by atoms with E-state index in [-0.39, 0.29) is 5.84 Å². The Hall–Kier alpha value is -1.09. The maximum absolute atomic E-state index is 7.10. The van der Waals surface area contributed by atoms with Crippen LogP contribution in [-0.2, 0) is 0 Å². The zero-order valence-corrected chi connectivity index (χ0v) is 6.81. The molecule has 1 aromatic rings. The predicted molar refractivity (Wildman–Crippen MR) is 45.0 cm³/mol. The van der Waals surface area contributed by atoms with E-state index in [4.69, 9.17) is 22.7 Å². The van der Waals surface area contributed by atoms with Gasteiger partial charge in [-0.2, -0.15) is 0 Å². The van der Waals surface area contributed by atoms with Gasteiger partial charge in [-0.15, -0.1) is 0 Å². The molecule has 0 unspecified atom stereocenters. The van der Waals surface area contributed by atoms with Crippen molar-refractivity contribution in [2.75, 3.05) is 0 Å². The van der Waals surface area contributed by atoms with Crippen molar-refractivity contribution in [3.05, 3.63) is 28.5 Å². The maximum atomic E-state index is 7.10. The zero-order chi connectivity index (χ0) is 8.43. The predicted octanol–water partition coefficient (Wildman–Crippen LogP) is 1.33. The summed E-state index contributed by atoms with van der Waals surface area (Å²) in [7, 11) is 0. The number of pyridine rings is 1. The van der Waals surface area contributed by atoms with Crippen LogP contribution in [0.15, 0.2) is 12.1 Å². The van der Waals surface area contributed by atoms with Crippen molar-refractivity contribution in [3.8, 4) is 0 Å². The largest absolute Gasteiger partial charge is 0.382 e. The first-order valence-electron chi connectivity index (χ1n) is 3.09. The fraction of sp³-hybridized carbons (Fsp3) is 0.143. The number of aromatic nitrogens is 1. The number of amidine groups is 1. The van der Waals surface area contributed by atoms with Crippen molar-refractivity contribution >= 4 is 17.4 Å². The molecule has 0 spiro atoms. The molecule has 0 aliphatic rings. The highest BCUT2D eigenvalue weighted by molar-refractivity contribution is 6.33. The average molecular weight is 170 g/mol. The highest BCUT2D eigenvalue weighted by atomic mass is 35.5. The molecular weight excluding hydrogens is 162 g/mol. The molecule has 3 N–H and O–H groups in total. The Kier molecular flexibility index (Phi) is 2.10. The van der Waals surface area contributed by atoms with E-state index in [9.17, 15) is 0 Å². The molecule has 0 radical (unpaired) electrons. The summed E-state index contributed by atoms with van der Waals surface area (Å²) in [4.78, 5) is 3.99. The van der Waals surface area contributed by atoms with Crippen molar-refractivity contribution in [2.45, 2.75) is 6.92 Å². The molecule has 1 rings (SSSR count). The number of nitrogens with one attached hydrogen (secondary N) is 1. The fourth-order valence-electron chi connectivity index (χ4n) is 0.729. The molecule has 0 bridgehead atoms. The van der Waals surface area contributed by atoms with Crippen LogP contribution in [0.25, 0.3) is 0 Å². The second-order valence-corrected chi connectivity index (χ2v) is 2.60. The summed E-state index contributed by atoms with van der Waals surface area (Å²) < 4.78 is 0. The van der Waals surface area contributed by atoms with Crippen LogP contribution >= 0.6 is 11.6 Å². The van der Waals surface area contributed by atoms with E-state index in [1.54, 1.807) is 12.1 Å². The van der Waals surface area contributed by atoms with Gasteiger partial charge in [0.1, 0.15) is 11.5 Å². The number of rotatable bonds is 1. The van der Waals surface area contributed by atoms with Crippen molar-refractivity contribution < 1.29 is 0 Å². The molecule has 0 saturated carbocycles. The van der Waals surface area contributed by atoms with Crippen LogP contribution < -0.4 is 5.73 Å². The van der Waals surface area contributed by atoms with Crippen LogP contribution in [0.3, 0.4) is 0 Å². The van der Waals surface area contributed by atoms with Crippen molar-refractivity contribution in [1.29, 1.82) is 5.41 Å². The number of nitrogens with two attached hydrogens (primary N) is 1. The SMILES string of the molecule is Cc1ccc(Cl)c(C(=N)N)n1. The molecule has 3 nitrogen and oxygen atoms in total. The fourth-order valence-corrected chi connectivity index (χ4v) is 0.936. The lowest BCUT2D eigenvalue weighted by Crippen LogP contribution is -2.14. The first kappa shape index (κ1) is 8.01. The summed E-state index contributed by atoms with van der Waals surface area (Å²) in [5.41, 5.74) is 6.38. The van der Waals surface area contributed by atoms with Crippen LogP contribution in [0.1, 0.15) is 11.4 Å². The Bertz CT molecular complexity index is 296. The molecule has 0 aromatic carbocycles. The summed E-state index contributed by atoms with van der Waals surface area (Å²) in [6.45, 7) is 1.82. The number of nitrogens with zero attached hydrogens (tertiary/aromatic N) is 1. The summed E-state index contributed by atoms with van der Waals surface area (Å²) in [6.07, 6.45) is 0. The van der Waals surface area contributed by atoms with Gasteiger partial charge in [0, 0.05) is 5.69 Å². The van der Waals surface area contributed by atoms with Gasteiger partial charge in [0.25, 0.3) is 0 Å². The topological polar surface area (TPSA) is 62.8 Å². The summed E-state index contributed by atoms with van der Waals surface area (Å²) in [6, 6.07) is 3.45. The van der Waals surface area contributed by atoms with E-state index in [1.807, 2.05) is 6.92 Å². The van der Waals surface area contributed by atoms with Gasteiger partial charge in [-0.3, -0.25) is 5.41 Å². The van der Waals surface area contributed by atoms with Gasteiger partial charge < -0.3 is 5.73 Å². The van der Waals surface area contributed by atoms with Crippen LogP contribution in [-0.4, -0.2) is 10.8 Å². The Morgan fingerprint density at radius 3 is 2.73 bits per heavy atom. The number of hydrogen-bond acceptors (Lipinski definition) is 2. The van der Waals surface area contributed by atoms with Gasteiger partial charge in [0.05, 0.1) is 5.02 Å². The Morgan fingerprint density at radius 2 is 2.27 bits per heavy atom. The summed E-state index contributed by atoms with van der Waals surface area (Å²) in [5, 5.41) is 7.52. The first-order chi connectivity index (χ1) is 5.11. The lowest BCUT2D eigenvalue weighted by atomic mass is 10.3. The van der Waals surface area contributed by atoms with Crippen LogP contribution in [0, 0.1) is 12.3 Å². The Balaban J connectivity index is 3.23. The van der Waals surface area contributed by atoms with E-state index >= 15 is 0 Å². The lowest BCUT2D eigenvalue weighted by molar-refractivity contribution is 1.16. The highest BCUT2D eigenvalue weighted by Crippen LogP contribution is 2.12. The minimum atomic E-state index is -0.0984. The van der Waals surface area contributed by atoms with Crippen LogP contribution in [0.5, 0.6) is 0 Å². The Labute approximate surface area is 69.7 Å². The second kappa shape index (κ2) is 2.88. The molecule has 1 heterocycles. The number of hydrogen-bond donors (Lipinski definition) is 2. The van der Waals surface area contributed by atoms with Gasteiger partial charge >= 0.3 is 0 Å². The van der Waals surface area contributed by atoms with E-state index in [0.29, 0.717) is 10.7 Å². The Morgan fingerprint density at radius 1 is 1.64 bits per heavy atom. The third kappa shape index (κ3) is 1.68. The zero-order valence-electron chi connectivity index (χ0n) is 6.06. The van der Waals surface area contributed by atoms with E-state index in [2.05, 4.69) is 4.98 Å². The molecule has 0 saturated heterocycles. The molecule has 0 atom stereocenters. The molecular formula is C7H8ClN3. The smallest absolute Gasteiger partial charge is 0.143 e. The molecule has 0 amide bonds. The molecule has 1 aromatic heterocycles. The minimum absolute atomic E-state index is 0.0984. The van der Waals surface area contributed by atoms with Gasteiger partial charge in [-0.25, -0.2) is 4.98 Å².